The smallest absolute Gasteiger partial charge is 0.253 e. The highest BCUT2D eigenvalue weighted by Gasteiger charge is 2.16. The number of methoxy groups -OCH3 is 1. The van der Waals surface area contributed by atoms with Gasteiger partial charge < -0.3 is 9.64 Å². The van der Waals surface area contributed by atoms with Crippen molar-refractivity contribution in [3.05, 3.63) is 64.7 Å². The summed E-state index contributed by atoms with van der Waals surface area (Å²) in [6.45, 7) is 0.566. The molecule has 2 aromatic carbocycles. The number of halogens is 1. The Bertz CT molecular complexity index is 817. The third-order valence-electron chi connectivity index (χ3n) is 3.70. The van der Waals surface area contributed by atoms with Crippen molar-refractivity contribution in [3.63, 3.8) is 0 Å². The molecule has 134 valence electrons. The molecule has 5 nitrogen and oxygen atoms in total. The molecule has 0 saturated carbocycles. The SMILES string of the molecule is COCCS(=O)(=O)c1ccc(C(=O)N(C)Cc2ccc(Cl)cc2)cc1. The minimum absolute atomic E-state index is 0.0900. The van der Waals surface area contributed by atoms with Gasteiger partial charge in [-0.1, -0.05) is 23.7 Å². The molecule has 1 amide bonds. The van der Waals surface area contributed by atoms with Crippen LogP contribution in [0.15, 0.2) is 53.4 Å². The molecule has 2 aromatic rings. The van der Waals surface area contributed by atoms with Crippen LogP contribution >= 0.6 is 11.6 Å². The molecule has 7 heteroatoms. The number of benzene rings is 2. The van der Waals surface area contributed by atoms with E-state index in [0.29, 0.717) is 17.1 Å². The number of carbonyl (C=O) groups is 1. The molecule has 0 aromatic heterocycles. The van der Waals surface area contributed by atoms with Crippen molar-refractivity contribution in [2.24, 2.45) is 0 Å². The fourth-order valence-corrected chi connectivity index (χ4v) is 3.57. The lowest BCUT2D eigenvalue weighted by atomic mass is 10.1. The topological polar surface area (TPSA) is 63.7 Å². The molecular formula is C18H20ClNO4S. The Balaban J connectivity index is 2.07. The molecular weight excluding hydrogens is 362 g/mol. The van der Waals surface area contributed by atoms with Crippen LogP contribution in [-0.4, -0.2) is 45.7 Å². The average Bonchev–Trinajstić information content (AvgIpc) is 2.61. The maximum absolute atomic E-state index is 12.5. The van der Waals surface area contributed by atoms with Gasteiger partial charge in [-0.25, -0.2) is 8.42 Å². The molecule has 0 bridgehead atoms. The number of ether oxygens (including phenoxy) is 1. The van der Waals surface area contributed by atoms with Crippen molar-refractivity contribution in [2.45, 2.75) is 11.4 Å². The second-order valence-electron chi connectivity index (χ2n) is 5.62. The van der Waals surface area contributed by atoms with E-state index in [2.05, 4.69) is 0 Å². The van der Waals surface area contributed by atoms with Crippen LogP contribution in [0.1, 0.15) is 15.9 Å². The Hall–Kier alpha value is -1.89. The van der Waals surface area contributed by atoms with Crippen LogP contribution in [0.3, 0.4) is 0 Å². The second-order valence-corrected chi connectivity index (χ2v) is 8.17. The van der Waals surface area contributed by atoms with Crippen molar-refractivity contribution in [2.75, 3.05) is 26.5 Å². The quantitative estimate of drug-likeness (QED) is 0.739. The third-order valence-corrected chi connectivity index (χ3v) is 5.64. The fraction of sp³-hybridized carbons (Fsp3) is 0.278. The molecule has 0 heterocycles. The van der Waals surface area contributed by atoms with Crippen molar-refractivity contribution in [1.29, 1.82) is 0 Å². The lowest BCUT2D eigenvalue weighted by molar-refractivity contribution is 0.0785. The first kappa shape index (κ1) is 19.4. The van der Waals surface area contributed by atoms with Crippen LogP contribution in [0.5, 0.6) is 0 Å². The Kier molecular flexibility index (Phi) is 6.58. The standard InChI is InChI=1S/C18H20ClNO4S/c1-20(13-14-3-7-16(19)8-4-14)18(21)15-5-9-17(10-6-15)25(22,23)12-11-24-2/h3-10H,11-13H2,1-2H3. The Morgan fingerprint density at radius 3 is 2.24 bits per heavy atom. The molecule has 0 spiro atoms. The molecule has 0 saturated heterocycles. The predicted molar refractivity (Wildman–Crippen MR) is 97.6 cm³/mol. The molecule has 0 unspecified atom stereocenters. The van der Waals surface area contributed by atoms with Gasteiger partial charge in [-0.15, -0.1) is 0 Å². The zero-order chi connectivity index (χ0) is 18.4. The predicted octanol–water partition coefficient (Wildman–Crippen LogP) is 3.03. The highest BCUT2D eigenvalue weighted by atomic mass is 35.5. The number of sulfone groups is 1. The minimum Gasteiger partial charge on any atom is -0.384 e. The summed E-state index contributed by atoms with van der Waals surface area (Å²) >= 11 is 5.85. The first-order valence-corrected chi connectivity index (χ1v) is 9.68. The van der Waals surface area contributed by atoms with E-state index in [1.54, 1.807) is 24.1 Å². The fourth-order valence-electron chi connectivity index (χ4n) is 2.27. The van der Waals surface area contributed by atoms with Crippen molar-refractivity contribution >= 4 is 27.3 Å². The van der Waals surface area contributed by atoms with Crippen LogP contribution in [0.4, 0.5) is 0 Å². The van der Waals surface area contributed by atoms with E-state index >= 15 is 0 Å². The van der Waals surface area contributed by atoms with E-state index in [0.717, 1.165) is 5.56 Å². The third kappa shape index (κ3) is 5.29. The molecule has 0 aliphatic rings. The summed E-state index contributed by atoms with van der Waals surface area (Å²) < 4.78 is 29.0. The normalized spacial score (nSPS) is 11.3. The van der Waals surface area contributed by atoms with Gasteiger partial charge >= 0.3 is 0 Å². The van der Waals surface area contributed by atoms with Crippen molar-refractivity contribution < 1.29 is 17.9 Å². The van der Waals surface area contributed by atoms with Crippen LogP contribution in [0.25, 0.3) is 0 Å². The maximum atomic E-state index is 12.5. The lowest BCUT2D eigenvalue weighted by Gasteiger charge is -2.17. The van der Waals surface area contributed by atoms with Gasteiger partial charge in [0, 0.05) is 31.3 Å². The molecule has 0 fully saturated rings. The number of hydrogen-bond acceptors (Lipinski definition) is 4. The van der Waals surface area contributed by atoms with Gasteiger partial charge in [0.1, 0.15) is 0 Å². The Labute approximate surface area is 153 Å². The van der Waals surface area contributed by atoms with E-state index in [9.17, 15) is 13.2 Å². The molecule has 2 rings (SSSR count). The lowest BCUT2D eigenvalue weighted by Crippen LogP contribution is -2.26. The first-order chi connectivity index (χ1) is 11.8. The first-order valence-electron chi connectivity index (χ1n) is 7.65. The van der Waals surface area contributed by atoms with E-state index < -0.39 is 9.84 Å². The average molecular weight is 382 g/mol. The van der Waals surface area contributed by atoms with Gasteiger partial charge in [0.15, 0.2) is 9.84 Å². The van der Waals surface area contributed by atoms with Crippen molar-refractivity contribution in [3.8, 4) is 0 Å². The monoisotopic (exact) mass is 381 g/mol. The van der Waals surface area contributed by atoms with Gasteiger partial charge in [-0.05, 0) is 42.0 Å². The summed E-state index contributed by atoms with van der Waals surface area (Å²) in [6.07, 6.45) is 0. The molecule has 0 aliphatic heterocycles. The number of hydrogen-bond donors (Lipinski definition) is 0. The van der Waals surface area contributed by atoms with Crippen LogP contribution < -0.4 is 0 Å². The molecule has 0 atom stereocenters. The van der Waals surface area contributed by atoms with Crippen molar-refractivity contribution in [1.82, 2.24) is 4.90 Å². The van der Waals surface area contributed by atoms with Gasteiger partial charge in [0.2, 0.25) is 0 Å². The van der Waals surface area contributed by atoms with Gasteiger partial charge in [-0.3, -0.25) is 4.79 Å². The molecule has 0 N–H and O–H groups in total. The molecule has 0 aliphatic carbocycles. The van der Waals surface area contributed by atoms with Gasteiger partial charge in [-0.2, -0.15) is 0 Å². The largest absolute Gasteiger partial charge is 0.384 e. The highest BCUT2D eigenvalue weighted by Crippen LogP contribution is 2.15. The number of amides is 1. The number of rotatable bonds is 7. The van der Waals surface area contributed by atoms with Crippen LogP contribution in [0, 0.1) is 0 Å². The summed E-state index contributed by atoms with van der Waals surface area (Å²) in [5, 5.41) is 0.642. The Morgan fingerprint density at radius 1 is 1.08 bits per heavy atom. The number of nitrogens with zero attached hydrogens (tertiary/aromatic N) is 1. The van der Waals surface area contributed by atoms with Crippen LogP contribution in [0.2, 0.25) is 5.02 Å². The highest BCUT2D eigenvalue weighted by molar-refractivity contribution is 7.91. The van der Waals surface area contributed by atoms with Gasteiger partial charge in [0.05, 0.1) is 17.3 Å². The van der Waals surface area contributed by atoms with Crippen LogP contribution in [-0.2, 0) is 21.1 Å². The van der Waals surface area contributed by atoms with E-state index in [1.165, 1.54) is 31.4 Å². The summed E-state index contributed by atoms with van der Waals surface area (Å²) in [7, 11) is -0.253. The molecule has 0 radical (unpaired) electrons. The zero-order valence-electron chi connectivity index (χ0n) is 14.1. The zero-order valence-corrected chi connectivity index (χ0v) is 15.7. The Morgan fingerprint density at radius 2 is 1.68 bits per heavy atom. The minimum atomic E-state index is -3.40. The summed E-state index contributed by atoms with van der Waals surface area (Å²) in [6, 6.07) is 13.2. The summed E-state index contributed by atoms with van der Waals surface area (Å²) in [4.78, 5) is 14.2. The van der Waals surface area contributed by atoms with E-state index in [1.807, 2.05) is 12.1 Å². The van der Waals surface area contributed by atoms with E-state index in [-0.39, 0.29) is 23.2 Å². The summed E-state index contributed by atoms with van der Waals surface area (Å²) in [5.41, 5.74) is 1.39. The van der Waals surface area contributed by atoms with Gasteiger partial charge in [0.25, 0.3) is 5.91 Å². The maximum Gasteiger partial charge on any atom is 0.253 e. The summed E-state index contributed by atoms with van der Waals surface area (Å²) in [5.74, 6) is -0.274. The van der Waals surface area contributed by atoms with E-state index in [4.69, 9.17) is 16.3 Å². The molecule has 25 heavy (non-hydrogen) atoms. The second kappa shape index (κ2) is 8.47. The number of carbonyl (C=O) groups excluding carboxylic acids is 1.